The van der Waals surface area contributed by atoms with Crippen molar-refractivity contribution in [3.05, 3.63) is 18.2 Å². The highest BCUT2D eigenvalue weighted by atomic mass is 16.5. The molecule has 7 nitrogen and oxygen atoms in total. The first-order valence-corrected chi connectivity index (χ1v) is 7.15. The third-order valence-electron chi connectivity index (χ3n) is 3.62. The molecule has 0 bridgehead atoms. The molecule has 22 heavy (non-hydrogen) atoms. The van der Waals surface area contributed by atoms with E-state index in [1.165, 1.54) is 0 Å². The van der Waals surface area contributed by atoms with Crippen LogP contribution in [0.3, 0.4) is 0 Å². The maximum atomic E-state index is 10.3. The van der Waals surface area contributed by atoms with Gasteiger partial charge in [0.05, 0.1) is 26.4 Å². The first-order chi connectivity index (χ1) is 10.6. The van der Waals surface area contributed by atoms with E-state index in [-0.39, 0.29) is 12.5 Å². The number of nitrogens with two attached hydrogens (primary N) is 1. The van der Waals surface area contributed by atoms with E-state index in [2.05, 4.69) is 10.3 Å². The number of anilines is 1. The van der Waals surface area contributed by atoms with E-state index in [1.807, 2.05) is 6.07 Å². The summed E-state index contributed by atoms with van der Waals surface area (Å²) in [7, 11) is 3.15. The molecule has 122 valence electrons. The normalized spacial score (nSPS) is 17.9. The van der Waals surface area contributed by atoms with Gasteiger partial charge in [-0.05, 0) is 12.1 Å². The smallest absolute Gasteiger partial charge is 0.193 e. The molecule has 0 radical (unpaired) electrons. The maximum Gasteiger partial charge on any atom is 0.193 e. The molecular weight excluding hydrogens is 286 g/mol. The molecule has 0 saturated carbocycles. The fourth-order valence-corrected chi connectivity index (χ4v) is 2.24. The molecule has 2 rings (SSSR count). The number of aliphatic hydroxyl groups is 1. The van der Waals surface area contributed by atoms with E-state index < -0.39 is 5.60 Å². The first-order valence-electron chi connectivity index (χ1n) is 7.15. The molecule has 0 unspecified atom stereocenters. The van der Waals surface area contributed by atoms with Crippen molar-refractivity contribution in [2.75, 3.05) is 39.3 Å². The largest absolute Gasteiger partial charge is 0.493 e. The lowest BCUT2D eigenvalue weighted by molar-refractivity contribution is -0.0565. The number of nitrogens with zero attached hydrogens (tertiary/aromatic N) is 1. The third-order valence-corrected chi connectivity index (χ3v) is 3.62. The van der Waals surface area contributed by atoms with Crippen LogP contribution in [-0.4, -0.2) is 50.6 Å². The SMILES string of the molecule is COc1ccc(NC(N)=NCC2(O)CCOCC2)cc1OC. The molecule has 1 saturated heterocycles. The molecule has 0 aliphatic carbocycles. The Kier molecular flexibility index (Phi) is 5.46. The van der Waals surface area contributed by atoms with Gasteiger partial charge in [0, 0.05) is 37.8 Å². The number of nitrogens with one attached hydrogen (secondary N) is 1. The Balaban J connectivity index is 1.98. The summed E-state index contributed by atoms with van der Waals surface area (Å²) in [6.07, 6.45) is 1.14. The van der Waals surface area contributed by atoms with Crippen LogP contribution in [0.25, 0.3) is 0 Å². The van der Waals surface area contributed by atoms with Gasteiger partial charge in [0.25, 0.3) is 0 Å². The number of benzene rings is 1. The second kappa shape index (κ2) is 7.33. The van der Waals surface area contributed by atoms with Gasteiger partial charge in [-0.15, -0.1) is 0 Å². The van der Waals surface area contributed by atoms with Crippen molar-refractivity contribution in [1.82, 2.24) is 0 Å². The number of methoxy groups -OCH3 is 2. The number of hydrogen-bond donors (Lipinski definition) is 3. The Labute approximate surface area is 130 Å². The van der Waals surface area contributed by atoms with Crippen LogP contribution in [0.15, 0.2) is 23.2 Å². The topological polar surface area (TPSA) is 98.3 Å². The second-order valence-corrected chi connectivity index (χ2v) is 5.23. The Morgan fingerprint density at radius 3 is 2.64 bits per heavy atom. The highest BCUT2D eigenvalue weighted by molar-refractivity contribution is 5.92. The number of guanidine groups is 1. The molecule has 1 heterocycles. The van der Waals surface area contributed by atoms with Crippen molar-refractivity contribution < 1.29 is 19.3 Å². The van der Waals surface area contributed by atoms with E-state index in [0.29, 0.717) is 37.6 Å². The minimum atomic E-state index is -0.831. The molecule has 1 aliphatic heterocycles. The Morgan fingerprint density at radius 1 is 1.32 bits per heavy atom. The summed E-state index contributed by atoms with van der Waals surface area (Å²) in [4.78, 5) is 4.22. The van der Waals surface area contributed by atoms with Gasteiger partial charge in [-0.3, -0.25) is 4.99 Å². The monoisotopic (exact) mass is 309 g/mol. The Hall–Kier alpha value is -1.99. The van der Waals surface area contributed by atoms with Gasteiger partial charge < -0.3 is 30.4 Å². The fourth-order valence-electron chi connectivity index (χ4n) is 2.24. The first kappa shape index (κ1) is 16.4. The summed E-state index contributed by atoms with van der Waals surface area (Å²) in [6.45, 7) is 1.35. The quantitative estimate of drug-likeness (QED) is 0.554. The second-order valence-electron chi connectivity index (χ2n) is 5.23. The summed E-state index contributed by atoms with van der Waals surface area (Å²) >= 11 is 0. The lowest BCUT2D eigenvalue weighted by Crippen LogP contribution is -2.40. The molecule has 1 aromatic rings. The van der Waals surface area contributed by atoms with Gasteiger partial charge >= 0.3 is 0 Å². The van der Waals surface area contributed by atoms with Crippen LogP contribution in [0.5, 0.6) is 11.5 Å². The van der Waals surface area contributed by atoms with Gasteiger partial charge in [-0.25, -0.2) is 0 Å². The molecule has 0 aromatic heterocycles. The van der Waals surface area contributed by atoms with Crippen LogP contribution >= 0.6 is 0 Å². The predicted octanol–water partition coefficient (Wildman–Crippen LogP) is 0.972. The van der Waals surface area contributed by atoms with Gasteiger partial charge in [0.15, 0.2) is 17.5 Å². The maximum absolute atomic E-state index is 10.3. The fraction of sp³-hybridized carbons (Fsp3) is 0.533. The van der Waals surface area contributed by atoms with E-state index in [4.69, 9.17) is 19.9 Å². The van der Waals surface area contributed by atoms with Gasteiger partial charge in [0.1, 0.15) is 0 Å². The van der Waals surface area contributed by atoms with E-state index in [1.54, 1.807) is 26.4 Å². The van der Waals surface area contributed by atoms with Crippen molar-refractivity contribution in [2.24, 2.45) is 10.7 Å². The van der Waals surface area contributed by atoms with Crippen molar-refractivity contribution >= 4 is 11.6 Å². The standard InChI is InChI=1S/C15H23N3O4/c1-20-12-4-3-11(9-13(12)21-2)18-14(16)17-10-15(19)5-7-22-8-6-15/h3-4,9,19H,5-8,10H2,1-2H3,(H3,16,17,18). The predicted molar refractivity (Wildman–Crippen MR) is 84.7 cm³/mol. The molecule has 0 atom stereocenters. The van der Waals surface area contributed by atoms with Gasteiger partial charge in [-0.2, -0.15) is 0 Å². The van der Waals surface area contributed by atoms with E-state index in [9.17, 15) is 5.11 Å². The minimum Gasteiger partial charge on any atom is -0.493 e. The highest BCUT2D eigenvalue weighted by Crippen LogP contribution is 2.29. The van der Waals surface area contributed by atoms with Crippen LogP contribution < -0.4 is 20.5 Å². The molecular formula is C15H23N3O4. The van der Waals surface area contributed by atoms with Crippen molar-refractivity contribution in [1.29, 1.82) is 0 Å². The summed E-state index contributed by atoms with van der Waals surface area (Å²) in [5, 5.41) is 13.3. The van der Waals surface area contributed by atoms with Gasteiger partial charge in [0.2, 0.25) is 0 Å². The average molecular weight is 309 g/mol. The molecule has 7 heteroatoms. The Bertz CT molecular complexity index is 528. The zero-order valence-electron chi connectivity index (χ0n) is 13.0. The van der Waals surface area contributed by atoms with Crippen LogP contribution in [0.1, 0.15) is 12.8 Å². The molecule has 4 N–H and O–H groups in total. The van der Waals surface area contributed by atoms with E-state index >= 15 is 0 Å². The summed E-state index contributed by atoms with van der Waals surface area (Å²) < 4.78 is 15.6. The lowest BCUT2D eigenvalue weighted by atomic mass is 9.95. The summed E-state index contributed by atoms with van der Waals surface area (Å²) in [5.41, 5.74) is 5.77. The summed E-state index contributed by atoms with van der Waals surface area (Å²) in [5.74, 6) is 1.48. The highest BCUT2D eigenvalue weighted by Gasteiger charge is 2.29. The number of hydrogen-bond acceptors (Lipinski definition) is 5. The zero-order chi connectivity index (χ0) is 16.0. The van der Waals surface area contributed by atoms with Crippen molar-refractivity contribution in [3.63, 3.8) is 0 Å². The van der Waals surface area contributed by atoms with Crippen LogP contribution in [0, 0.1) is 0 Å². The van der Waals surface area contributed by atoms with Crippen LogP contribution in [-0.2, 0) is 4.74 Å². The molecule has 0 amide bonds. The average Bonchev–Trinajstić information content (AvgIpc) is 2.53. The molecule has 1 aromatic carbocycles. The van der Waals surface area contributed by atoms with Crippen molar-refractivity contribution in [3.8, 4) is 11.5 Å². The van der Waals surface area contributed by atoms with Crippen LogP contribution in [0.4, 0.5) is 5.69 Å². The number of aliphatic imine (C=N–C) groups is 1. The number of rotatable bonds is 5. The van der Waals surface area contributed by atoms with E-state index in [0.717, 1.165) is 5.69 Å². The third kappa shape index (κ3) is 4.25. The lowest BCUT2D eigenvalue weighted by Gasteiger charge is -2.30. The summed E-state index contributed by atoms with van der Waals surface area (Å²) in [6, 6.07) is 5.36. The van der Waals surface area contributed by atoms with Crippen LogP contribution in [0.2, 0.25) is 0 Å². The van der Waals surface area contributed by atoms with Crippen molar-refractivity contribution in [2.45, 2.75) is 18.4 Å². The molecule has 0 spiro atoms. The number of ether oxygens (including phenoxy) is 3. The Morgan fingerprint density at radius 2 is 2.00 bits per heavy atom. The van der Waals surface area contributed by atoms with Gasteiger partial charge in [-0.1, -0.05) is 0 Å². The molecule has 1 fully saturated rings. The molecule has 1 aliphatic rings. The minimum absolute atomic E-state index is 0.243. The zero-order valence-corrected chi connectivity index (χ0v) is 13.0.